The summed E-state index contributed by atoms with van der Waals surface area (Å²) in [7, 11) is 2.15. The normalized spacial score (nSPS) is 18.6. The van der Waals surface area contributed by atoms with E-state index in [4.69, 9.17) is 4.42 Å². The Hall–Kier alpha value is -1.59. The Morgan fingerprint density at radius 2 is 2.06 bits per heavy atom. The predicted molar refractivity (Wildman–Crippen MR) is 66.7 cm³/mol. The zero-order valence-corrected chi connectivity index (χ0v) is 9.89. The highest BCUT2D eigenvalue weighted by Gasteiger charge is 2.15. The lowest BCUT2D eigenvalue weighted by Crippen LogP contribution is -2.47. The van der Waals surface area contributed by atoms with Gasteiger partial charge in [0.1, 0.15) is 5.58 Å². The molecule has 0 amide bonds. The molecule has 1 fully saturated rings. The van der Waals surface area contributed by atoms with Crippen LogP contribution in [0.3, 0.4) is 0 Å². The summed E-state index contributed by atoms with van der Waals surface area (Å²) in [5, 5.41) is 3.24. The Morgan fingerprint density at radius 3 is 2.88 bits per heavy atom. The molecule has 2 aromatic heterocycles. The first-order chi connectivity index (χ1) is 8.33. The van der Waals surface area contributed by atoms with E-state index in [0.29, 0.717) is 0 Å². The van der Waals surface area contributed by atoms with Crippen LogP contribution in [-0.4, -0.2) is 48.1 Å². The number of anilines is 1. The van der Waals surface area contributed by atoms with Crippen LogP contribution in [0.1, 0.15) is 0 Å². The lowest BCUT2D eigenvalue weighted by molar-refractivity contribution is 0.178. The van der Waals surface area contributed by atoms with Gasteiger partial charge in [-0.25, -0.2) is 9.99 Å². The third-order valence-corrected chi connectivity index (χ3v) is 3.15. The second-order valence-electron chi connectivity index (χ2n) is 4.39. The molecule has 0 radical (unpaired) electrons. The van der Waals surface area contributed by atoms with Gasteiger partial charge in [-0.15, -0.1) is 0 Å². The average Bonchev–Trinajstić information content (AvgIpc) is 2.81. The molecule has 3 heterocycles. The Kier molecular flexibility index (Phi) is 2.70. The number of nitrogens with zero attached hydrogens (tertiary/aromatic N) is 3. The first kappa shape index (κ1) is 10.6. The lowest BCUT2D eigenvalue weighted by Gasteiger charge is -2.32. The van der Waals surface area contributed by atoms with Crippen LogP contribution in [0, 0.1) is 0 Å². The average molecular weight is 232 g/mol. The topological polar surface area (TPSA) is 44.5 Å². The molecular formula is C12H16N4O. The molecule has 3 rings (SSSR count). The van der Waals surface area contributed by atoms with Gasteiger partial charge in [-0.1, -0.05) is 0 Å². The molecule has 2 aromatic rings. The smallest absolute Gasteiger partial charge is 0.151 e. The summed E-state index contributed by atoms with van der Waals surface area (Å²) < 4.78 is 5.36. The number of hydrazine groups is 1. The van der Waals surface area contributed by atoms with Crippen LogP contribution in [0.4, 0.5) is 5.82 Å². The Balaban J connectivity index is 1.78. The molecular weight excluding hydrogens is 216 g/mol. The van der Waals surface area contributed by atoms with Gasteiger partial charge in [0.15, 0.2) is 5.82 Å². The Bertz CT molecular complexity index is 502. The van der Waals surface area contributed by atoms with Crippen molar-refractivity contribution in [2.24, 2.45) is 0 Å². The van der Waals surface area contributed by atoms with Gasteiger partial charge in [0.2, 0.25) is 0 Å². The van der Waals surface area contributed by atoms with Crippen LogP contribution in [0.5, 0.6) is 0 Å². The van der Waals surface area contributed by atoms with Crippen molar-refractivity contribution < 1.29 is 4.42 Å². The van der Waals surface area contributed by atoms with E-state index in [9.17, 15) is 0 Å². The monoisotopic (exact) mass is 232 g/mol. The fraction of sp³-hybridized carbons (Fsp3) is 0.417. The summed E-state index contributed by atoms with van der Waals surface area (Å²) in [4.78, 5) is 6.69. The molecule has 0 spiro atoms. The number of nitrogens with one attached hydrogen (secondary N) is 1. The van der Waals surface area contributed by atoms with Gasteiger partial charge in [-0.3, -0.25) is 0 Å². The third kappa shape index (κ3) is 2.11. The molecule has 5 heteroatoms. The molecule has 0 atom stereocenters. The molecule has 5 nitrogen and oxygen atoms in total. The molecule has 1 aliphatic heterocycles. The van der Waals surface area contributed by atoms with Gasteiger partial charge in [0.25, 0.3) is 0 Å². The van der Waals surface area contributed by atoms with Crippen molar-refractivity contribution in [2.75, 3.05) is 38.7 Å². The summed E-state index contributed by atoms with van der Waals surface area (Å²) in [5.41, 5.74) is 4.24. The summed E-state index contributed by atoms with van der Waals surface area (Å²) in [6, 6.07) is 3.82. The first-order valence-corrected chi connectivity index (χ1v) is 5.85. The molecule has 0 aliphatic carbocycles. The van der Waals surface area contributed by atoms with Gasteiger partial charge in [-0.2, -0.15) is 0 Å². The maximum Gasteiger partial charge on any atom is 0.151 e. The minimum Gasteiger partial charge on any atom is -0.464 e. The minimum atomic E-state index is 0.872. The summed E-state index contributed by atoms with van der Waals surface area (Å²) >= 11 is 0. The standard InChI is InChI=1S/C12H16N4O/c1-15-5-7-16(8-6-15)14-12-10-3-9-17-11(10)2-4-13-12/h2-4,9H,5-8H2,1H3,(H,13,14). The van der Waals surface area contributed by atoms with Crippen LogP contribution in [0.2, 0.25) is 0 Å². The predicted octanol–water partition coefficient (Wildman–Crippen LogP) is 1.40. The number of likely N-dealkylation sites (N-methyl/N-ethyl adjacent to an activating group) is 1. The number of fused-ring (bicyclic) bond motifs is 1. The number of hydrogen-bond donors (Lipinski definition) is 1. The maximum atomic E-state index is 5.36. The van der Waals surface area contributed by atoms with E-state index in [1.54, 1.807) is 12.5 Å². The molecule has 0 bridgehead atoms. The second-order valence-corrected chi connectivity index (χ2v) is 4.39. The van der Waals surface area contributed by atoms with Crippen LogP contribution in [-0.2, 0) is 0 Å². The van der Waals surface area contributed by atoms with Crippen molar-refractivity contribution in [1.29, 1.82) is 0 Å². The lowest BCUT2D eigenvalue weighted by atomic mass is 10.3. The van der Waals surface area contributed by atoms with Gasteiger partial charge < -0.3 is 14.7 Å². The van der Waals surface area contributed by atoms with Crippen molar-refractivity contribution >= 4 is 16.8 Å². The molecule has 90 valence electrons. The number of hydrogen-bond acceptors (Lipinski definition) is 5. The number of rotatable bonds is 2. The fourth-order valence-electron chi connectivity index (χ4n) is 2.05. The third-order valence-electron chi connectivity index (χ3n) is 3.15. The van der Waals surface area contributed by atoms with Crippen LogP contribution < -0.4 is 5.43 Å². The highest BCUT2D eigenvalue weighted by atomic mass is 16.3. The van der Waals surface area contributed by atoms with E-state index in [1.807, 2.05) is 12.1 Å². The molecule has 17 heavy (non-hydrogen) atoms. The number of pyridine rings is 1. The minimum absolute atomic E-state index is 0.872. The van der Waals surface area contributed by atoms with E-state index in [1.165, 1.54) is 0 Å². The number of aromatic nitrogens is 1. The molecule has 1 aliphatic rings. The van der Waals surface area contributed by atoms with E-state index >= 15 is 0 Å². The number of furan rings is 1. The molecule has 1 saturated heterocycles. The largest absolute Gasteiger partial charge is 0.464 e. The Morgan fingerprint density at radius 1 is 1.24 bits per heavy atom. The van der Waals surface area contributed by atoms with E-state index in [2.05, 4.69) is 27.4 Å². The number of piperazine rings is 1. The van der Waals surface area contributed by atoms with E-state index in [-0.39, 0.29) is 0 Å². The van der Waals surface area contributed by atoms with Crippen molar-refractivity contribution in [3.8, 4) is 0 Å². The summed E-state index contributed by atoms with van der Waals surface area (Å²) in [6.45, 7) is 4.17. The van der Waals surface area contributed by atoms with Gasteiger partial charge in [-0.05, 0) is 19.2 Å². The van der Waals surface area contributed by atoms with Crippen LogP contribution >= 0.6 is 0 Å². The highest BCUT2D eigenvalue weighted by Crippen LogP contribution is 2.22. The van der Waals surface area contributed by atoms with E-state index < -0.39 is 0 Å². The quantitative estimate of drug-likeness (QED) is 0.848. The second kappa shape index (κ2) is 4.35. The van der Waals surface area contributed by atoms with Gasteiger partial charge in [0, 0.05) is 32.4 Å². The molecule has 1 N–H and O–H groups in total. The zero-order chi connectivity index (χ0) is 11.7. The fourth-order valence-corrected chi connectivity index (χ4v) is 2.05. The van der Waals surface area contributed by atoms with Crippen LogP contribution in [0.15, 0.2) is 29.0 Å². The highest BCUT2D eigenvalue weighted by molar-refractivity contribution is 5.87. The van der Waals surface area contributed by atoms with Crippen LogP contribution in [0.25, 0.3) is 11.0 Å². The van der Waals surface area contributed by atoms with Crippen molar-refractivity contribution in [1.82, 2.24) is 14.9 Å². The van der Waals surface area contributed by atoms with Gasteiger partial charge >= 0.3 is 0 Å². The molecule has 0 aromatic carbocycles. The Labute approximate surface area is 100.0 Å². The van der Waals surface area contributed by atoms with Crippen molar-refractivity contribution in [3.63, 3.8) is 0 Å². The maximum absolute atomic E-state index is 5.36. The van der Waals surface area contributed by atoms with E-state index in [0.717, 1.165) is 43.0 Å². The van der Waals surface area contributed by atoms with Crippen molar-refractivity contribution in [3.05, 3.63) is 24.6 Å². The van der Waals surface area contributed by atoms with Crippen molar-refractivity contribution in [2.45, 2.75) is 0 Å². The summed E-state index contributed by atoms with van der Waals surface area (Å²) in [5.74, 6) is 0.876. The zero-order valence-electron chi connectivity index (χ0n) is 9.89. The first-order valence-electron chi connectivity index (χ1n) is 5.85. The molecule has 0 saturated carbocycles. The molecule has 0 unspecified atom stereocenters. The SMILES string of the molecule is CN1CCN(Nc2nccc3occc23)CC1. The van der Waals surface area contributed by atoms with Gasteiger partial charge in [0.05, 0.1) is 11.6 Å². The summed E-state index contributed by atoms with van der Waals surface area (Å²) in [6.07, 6.45) is 3.46.